The van der Waals surface area contributed by atoms with Crippen molar-refractivity contribution in [1.29, 1.82) is 0 Å². The van der Waals surface area contributed by atoms with Crippen LogP contribution in [0.2, 0.25) is 0 Å². The quantitative estimate of drug-likeness (QED) is 0.755. The number of amides is 1. The van der Waals surface area contributed by atoms with Gasteiger partial charge < -0.3 is 15.1 Å². The zero-order chi connectivity index (χ0) is 23.8. The van der Waals surface area contributed by atoms with E-state index in [9.17, 15) is 18.0 Å². The normalized spacial score (nSPS) is 24.1. The lowest BCUT2D eigenvalue weighted by Gasteiger charge is -2.40. The first-order valence-electron chi connectivity index (χ1n) is 11.6. The van der Waals surface area contributed by atoms with Crippen molar-refractivity contribution >= 4 is 22.5 Å². The molecule has 3 atom stereocenters. The maximum Gasteiger partial charge on any atom is 0.418 e. The fourth-order valence-electron chi connectivity index (χ4n) is 5.01. The van der Waals surface area contributed by atoms with Crippen LogP contribution in [0, 0.1) is 5.92 Å². The number of pyridine rings is 1. The number of anilines is 1. The highest BCUT2D eigenvalue weighted by Gasteiger charge is 2.35. The molecule has 0 bridgehead atoms. The molecule has 1 N–H and O–H groups in total. The van der Waals surface area contributed by atoms with E-state index in [4.69, 9.17) is 0 Å². The molecule has 2 fully saturated rings. The van der Waals surface area contributed by atoms with Gasteiger partial charge in [-0.15, -0.1) is 0 Å². The van der Waals surface area contributed by atoms with E-state index in [1.54, 1.807) is 12.1 Å². The molecule has 2 aromatic rings. The third-order valence-corrected chi connectivity index (χ3v) is 6.86. The average molecular weight is 464 g/mol. The molecule has 1 amide bonds. The van der Waals surface area contributed by atoms with Gasteiger partial charge in [0, 0.05) is 62.6 Å². The monoisotopic (exact) mass is 463 g/mol. The number of likely N-dealkylation sites (N-methyl/N-ethyl adjacent to an activating group) is 1. The smallest absolute Gasteiger partial charge is 0.369 e. The first-order valence-corrected chi connectivity index (χ1v) is 11.6. The molecular weight excluding hydrogens is 431 g/mol. The fourth-order valence-corrected chi connectivity index (χ4v) is 5.01. The molecule has 0 aliphatic carbocycles. The fraction of sp³-hybridized carbons (Fsp3) is 0.583. The topological polar surface area (TPSA) is 51.7 Å². The highest BCUT2D eigenvalue weighted by atomic mass is 19.4. The summed E-state index contributed by atoms with van der Waals surface area (Å²) >= 11 is 0. The number of carbonyl (C=O) groups excluding carboxylic acids is 1. The second kappa shape index (κ2) is 9.46. The molecule has 2 aliphatic heterocycles. The molecule has 9 heteroatoms. The van der Waals surface area contributed by atoms with Crippen LogP contribution in [-0.4, -0.2) is 79.1 Å². The van der Waals surface area contributed by atoms with Gasteiger partial charge in [0.15, 0.2) is 0 Å². The van der Waals surface area contributed by atoms with Crippen LogP contribution >= 0.6 is 0 Å². The molecule has 2 aliphatic rings. The van der Waals surface area contributed by atoms with Crippen LogP contribution in [0.4, 0.5) is 18.9 Å². The minimum Gasteiger partial charge on any atom is -0.369 e. The Morgan fingerprint density at radius 2 is 1.88 bits per heavy atom. The van der Waals surface area contributed by atoms with E-state index in [2.05, 4.69) is 39.0 Å². The minimum absolute atomic E-state index is 0.0116. The second-order valence-corrected chi connectivity index (χ2v) is 9.50. The van der Waals surface area contributed by atoms with Crippen LogP contribution in [0.5, 0.6) is 0 Å². The summed E-state index contributed by atoms with van der Waals surface area (Å²) in [5.74, 6) is 0.301. The highest BCUT2D eigenvalue weighted by Crippen LogP contribution is 2.38. The van der Waals surface area contributed by atoms with Gasteiger partial charge in [0.2, 0.25) is 5.91 Å². The van der Waals surface area contributed by atoms with Gasteiger partial charge in [0.1, 0.15) is 0 Å². The van der Waals surface area contributed by atoms with E-state index in [-0.39, 0.29) is 29.4 Å². The van der Waals surface area contributed by atoms with E-state index in [0.717, 1.165) is 50.9 Å². The summed E-state index contributed by atoms with van der Waals surface area (Å²) in [6.07, 6.45) is -2.23. The van der Waals surface area contributed by atoms with Gasteiger partial charge in [-0.3, -0.25) is 14.7 Å². The number of hydrogen-bond acceptors (Lipinski definition) is 5. The summed E-state index contributed by atoms with van der Waals surface area (Å²) in [6, 6.07) is 5.74. The van der Waals surface area contributed by atoms with Crippen LogP contribution < -0.4 is 10.2 Å². The van der Waals surface area contributed by atoms with Crippen molar-refractivity contribution in [3.63, 3.8) is 0 Å². The number of benzene rings is 1. The number of nitrogens with one attached hydrogen (secondary N) is 1. The van der Waals surface area contributed by atoms with Crippen LogP contribution in [0.25, 0.3) is 10.9 Å². The maximum absolute atomic E-state index is 13.5. The van der Waals surface area contributed by atoms with Gasteiger partial charge >= 0.3 is 6.18 Å². The highest BCUT2D eigenvalue weighted by molar-refractivity contribution is 5.94. The molecule has 4 rings (SSSR count). The van der Waals surface area contributed by atoms with Gasteiger partial charge in [-0.25, -0.2) is 0 Å². The molecule has 2 saturated heterocycles. The molecule has 0 unspecified atom stereocenters. The van der Waals surface area contributed by atoms with E-state index >= 15 is 0 Å². The number of piperazine rings is 1. The number of hydrogen-bond donors (Lipinski definition) is 1. The predicted molar refractivity (Wildman–Crippen MR) is 123 cm³/mol. The molecule has 33 heavy (non-hydrogen) atoms. The molecule has 0 spiro atoms. The van der Waals surface area contributed by atoms with Crippen molar-refractivity contribution in [3.8, 4) is 0 Å². The number of fused-ring (bicyclic) bond motifs is 1. The van der Waals surface area contributed by atoms with E-state index in [1.165, 1.54) is 12.3 Å². The lowest BCUT2D eigenvalue weighted by Crippen LogP contribution is -2.57. The van der Waals surface area contributed by atoms with Gasteiger partial charge in [0.25, 0.3) is 0 Å². The van der Waals surface area contributed by atoms with Crippen LogP contribution in [-0.2, 0) is 11.0 Å². The summed E-state index contributed by atoms with van der Waals surface area (Å²) in [4.78, 5) is 23.6. The first-order chi connectivity index (χ1) is 15.6. The van der Waals surface area contributed by atoms with E-state index < -0.39 is 11.7 Å². The summed E-state index contributed by atoms with van der Waals surface area (Å²) < 4.78 is 40.5. The number of alkyl halides is 3. The molecule has 1 aromatic heterocycles. The summed E-state index contributed by atoms with van der Waals surface area (Å²) in [5, 5.41) is 3.69. The van der Waals surface area contributed by atoms with E-state index in [1.807, 2.05) is 6.92 Å². The third kappa shape index (κ3) is 5.24. The predicted octanol–water partition coefficient (Wildman–Crippen LogP) is 3.22. The Bertz CT molecular complexity index is 990. The first kappa shape index (κ1) is 23.8. The molecule has 1 aromatic carbocycles. The van der Waals surface area contributed by atoms with Gasteiger partial charge in [-0.05, 0) is 50.6 Å². The molecule has 3 heterocycles. The van der Waals surface area contributed by atoms with Gasteiger partial charge in [-0.2, -0.15) is 13.2 Å². The molecule has 0 radical (unpaired) electrons. The lowest BCUT2D eigenvalue weighted by molar-refractivity contribution is -0.136. The second-order valence-electron chi connectivity index (χ2n) is 9.50. The Kier molecular flexibility index (Phi) is 6.81. The Morgan fingerprint density at radius 3 is 2.58 bits per heavy atom. The number of nitrogens with zero attached hydrogens (tertiary/aromatic N) is 4. The SMILES string of the molecule is C[C@H]1C[C@@H](NC(=O)[C@@H](C)N2CCN(C)CC2)CN(c2ccc(C(F)(F)F)c3ncccc23)C1. The molecule has 0 saturated carbocycles. The van der Waals surface area contributed by atoms with Gasteiger partial charge in [-0.1, -0.05) is 6.92 Å². The molecule has 6 nitrogen and oxygen atoms in total. The Morgan fingerprint density at radius 1 is 1.15 bits per heavy atom. The Balaban J connectivity index is 1.51. The Labute approximate surface area is 192 Å². The van der Waals surface area contributed by atoms with Crippen molar-refractivity contribution in [1.82, 2.24) is 20.1 Å². The largest absolute Gasteiger partial charge is 0.418 e. The standard InChI is InChI=1S/C24H32F3N5O/c1-16-13-18(29-23(33)17(2)31-11-9-30(3)10-12-31)15-32(14-16)21-7-6-20(24(25,26)27)22-19(21)5-4-8-28-22/h4-8,16-18H,9-15H2,1-3H3,(H,29,33)/t16-,17+,18+/m0/s1. The van der Waals surface area contributed by atoms with Crippen molar-refractivity contribution in [2.45, 2.75) is 38.5 Å². The van der Waals surface area contributed by atoms with Crippen molar-refractivity contribution in [2.75, 3.05) is 51.2 Å². The van der Waals surface area contributed by atoms with Crippen LogP contribution in [0.15, 0.2) is 30.5 Å². The Hall–Kier alpha value is -2.39. The number of carbonyl (C=O) groups is 1. The average Bonchev–Trinajstić information content (AvgIpc) is 2.77. The van der Waals surface area contributed by atoms with E-state index in [0.29, 0.717) is 11.9 Å². The number of piperidine rings is 1. The van der Waals surface area contributed by atoms with Crippen molar-refractivity contribution < 1.29 is 18.0 Å². The molecule has 180 valence electrons. The molecular formula is C24H32F3N5O. The maximum atomic E-state index is 13.5. The van der Waals surface area contributed by atoms with Crippen LogP contribution in [0.3, 0.4) is 0 Å². The zero-order valence-corrected chi connectivity index (χ0v) is 19.4. The number of halogens is 3. The summed E-state index contributed by atoms with van der Waals surface area (Å²) in [5.41, 5.74) is -0.0354. The summed E-state index contributed by atoms with van der Waals surface area (Å²) in [6.45, 7) is 8.95. The number of aromatic nitrogens is 1. The minimum atomic E-state index is -4.46. The third-order valence-electron chi connectivity index (χ3n) is 6.86. The lowest BCUT2D eigenvalue weighted by atomic mass is 9.94. The summed E-state index contributed by atoms with van der Waals surface area (Å²) in [7, 11) is 2.08. The van der Waals surface area contributed by atoms with Crippen LogP contribution in [0.1, 0.15) is 25.8 Å². The number of rotatable bonds is 4. The van der Waals surface area contributed by atoms with Crippen molar-refractivity contribution in [2.24, 2.45) is 5.92 Å². The van der Waals surface area contributed by atoms with Gasteiger partial charge in [0.05, 0.1) is 17.1 Å². The zero-order valence-electron chi connectivity index (χ0n) is 19.4. The van der Waals surface area contributed by atoms with Crippen molar-refractivity contribution in [3.05, 3.63) is 36.0 Å².